The maximum absolute atomic E-state index is 11.9. The van der Waals surface area contributed by atoms with Gasteiger partial charge in [-0.05, 0) is 5.92 Å². The van der Waals surface area contributed by atoms with Crippen molar-refractivity contribution in [1.82, 2.24) is 15.1 Å². The van der Waals surface area contributed by atoms with Gasteiger partial charge in [0.05, 0.1) is 12.0 Å². The molecule has 2 rings (SSSR count). The molecule has 0 aromatic heterocycles. The number of hydrogen-bond donors (Lipinski definition) is 1. The molecule has 2 fully saturated rings. The molecule has 1 N–H and O–H groups in total. The first-order chi connectivity index (χ1) is 10.1. The summed E-state index contributed by atoms with van der Waals surface area (Å²) in [6.07, 6.45) is 0.248. The summed E-state index contributed by atoms with van der Waals surface area (Å²) in [5, 5.41) is 2.57. The summed E-state index contributed by atoms with van der Waals surface area (Å²) in [5.41, 5.74) is 0. The van der Waals surface area contributed by atoms with E-state index < -0.39 is 0 Å². The van der Waals surface area contributed by atoms with E-state index in [4.69, 9.17) is 4.74 Å². The van der Waals surface area contributed by atoms with Crippen molar-refractivity contribution in [2.45, 2.75) is 12.5 Å². The molecule has 0 spiro atoms. The molecule has 1 unspecified atom stereocenters. The molecular formula is C14H19N3O4. The lowest BCUT2D eigenvalue weighted by molar-refractivity contribution is -0.140. The normalized spacial score (nSPS) is 21.6. The average Bonchev–Trinajstić information content (AvgIpc) is 2.79. The van der Waals surface area contributed by atoms with Crippen LogP contribution in [-0.4, -0.2) is 74.0 Å². The van der Waals surface area contributed by atoms with E-state index in [1.165, 1.54) is 7.11 Å². The zero-order valence-electron chi connectivity index (χ0n) is 12.2. The molecule has 7 nitrogen and oxygen atoms in total. The van der Waals surface area contributed by atoms with E-state index in [1.807, 2.05) is 0 Å². The number of rotatable bonds is 3. The minimum absolute atomic E-state index is 0.000307. The van der Waals surface area contributed by atoms with Crippen LogP contribution >= 0.6 is 0 Å². The first-order valence-electron chi connectivity index (χ1n) is 6.84. The van der Waals surface area contributed by atoms with Gasteiger partial charge < -0.3 is 19.9 Å². The number of ether oxygens (including phenoxy) is 1. The number of amides is 3. The first-order valence-corrected chi connectivity index (χ1v) is 6.84. The summed E-state index contributed by atoms with van der Waals surface area (Å²) in [6, 6.07) is 0.000307. The molecule has 0 aromatic rings. The SMILES string of the molecule is CNC(=O)C1CC(=O)N(C2CN(C(=O)C#CCOC)C2)C1. The fourth-order valence-corrected chi connectivity index (χ4v) is 2.55. The van der Waals surface area contributed by atoms with Crippen LogP contribution < -0.4 is 5.32 Å². The fourth-order valence-electron chi connectivity index (χ4n) is 2.55. The number of carbonyl (C=O) groups excluding carboxylic acids is 3. The Kier molecular flexibility index (Phi) is 4.81. The third-order valence-corrected chi connectivity index (χ3v) is 3.78. The summed E-state index contributed by atoms with van der Waals surface area (Å²) >= 11 is 0. The number of likely N-dealkylation sites (tertiary alicyclic amines) is 2. The van der Waals surface area contributed by atoms with E-state index in [1.54, 1.807) is 16.8 Å². The summed E-state index contributed by atoms with van der Waals surface area (Å²) in [6.45, 7) is 1.61. The van der Waals surface area contributed by atoms with Crippen LogP contribution in [0.15, 0.2) is 0 Å². The molecule has 2 saturated heterocycles. The molecule has 0 bridgehead atoms. The Labute approximate surface area is 123 Å². The lowest BCUT2D eigenvalue weighted by Gasteiger charge is -2.43. The van der Waals surface area contributed by atoms with E-state index in [-0.39, 0.29) is 42.7 Å². The van der Waals surface area contributed by atoms with E-state index >= 15 is 0 Å². The lowest BCUT2D eigenvalue weighted by atomic mass is 10.1. The second kappa shape index (κ2) is 6.59. The molecule has 7 heteroatoms. The summed E-state index contributed by atoms with van der Waals surface area (Å²) in [7, 11) is 3.08. The number of hydrogen-bond acceptors (Lipinski definition) is 4. The topological polar surface area (TPSA) is 79.0 Å². The van der Waals surface area contributed by atoms with E-state index in [0.717, 1.165) is 0 Å². The van der Waals surface area contributed by atoms with Crippen LogP contribution in [0, 0.1) is 17.8 Å². The third-order valence-electron chi connectivity index (χ3n) is 3.78. The highest BCUT2D eigenvalue weighted by molar-refractivity contribution is 5.94. The molecule has 0 saturated carbocycles. The van der Waals surface area contributed by atoms with Crippen molar-refractivity contribution in [3.05, 3.63) is 0 Å². The van der Waals surface area contributed by atoms with Crippen molar-refractivity contribution < 1.29 is 19.1 Å². The highest BCUT2D eigenvalue weighted by Crippen LogP contribution is 2.25. The fraction of sp³-hybridized carbons (Fsp3) is 0.643. The molecule has 2 aliphatic heterocycles. The second-order valence-electron chi connectivity index (χ2n) is 5.16. The molecule has 2 heterocycles. The Morgan fingerprint density at radius 1 is 1.38 bits per heavy atom. The van der Waals surface area contributed by atoms with Crippen LogP contribution in [0.4, 0.5) is 0 Å². The van der Waals surface area contributed by atoms with Crippen molar-refractivity contribution >= 4 is 17.7 Å². The van der Waals surface area contributed by atoms with Gasteiger partial charge >= 0.3 is 0 Å². The zero-order chi connectivity index (χ0) is 15.4. The predicted octanol–water partition coefficient (Wildman–Crippen LogP) is -1.56. The highest BCUT2D eigenvalue weighted by Gasteiger charge is 2.42. The molecule has 3 amide bonds. The Balaban J connectivity index is 1.82. The highest BCUT2D eigenvalue weighted by atomic mass is 16.5. The van der Waals surface area contributed by atoms with Crippen molar-refractivity contribution in [2.75, 3.05) is 40.4 Å². The Bertz CT molecular complexity index is 502. The molecule has 114 valence electrons. The zero-order valence-corrected chi connectivity index (χ0v) is 12.2. The van der Waals surface area contributed by atoms with Crippen LogP contribution in [0.5, 0.6) is 0 Å². The van der Waals surface area contributed by atoms with Crippen LogP contribution in [0.25, 0.3) is 0 Å². The Hall–Kier alpha value is -2.07. The maximum atomic E-state index is 11.9. The molecular weight excluding hydrogens is 274 g/mol. The van der Waals surface area contributed by atoms with Gasteiger partial charge in [0.2, 0.25) is 11.8 Å². The van der Waals surface area contributed by atoms with Gasteiger partial charge in [-0.2, -0.15) is 0 Å². The lowest BCUT2D eigenvalue weighted by Crippen LogP contribution is -2.61. The molecule has 2 aliphatic rings. The Morgan fingerprint density at radius 3 is 2.71 bits per heavy atom. The van der Waals surface area contributed by atoms with E-state index in [0.29, 0.717) is 19.6 Å². The van der Waals surface area contributed by atoms with Gasteiger partial charge in [0, 0.05) is 40.2 Å². The van der Waals surface area contributed by atoms with Gasteiger partial charge in [0.1, 0.15) is 6.61 Å². The third kappa shape index (κ3) is 3.34. The second-order valence-corrected chi connectivity index (χ2v) is 5.16. The van der Waals surface area contributed by atoms with Gasteiger partial charge in [-0.3, -0.25) is 14.4 Å². The largest absolute Gasteiger partial charge is 0.372 e. The van der Waals surface area contributed by atoms with Crippen LogP contribution in [-0.2, 0) is 19.1 Å². The average molecular weight is 293 g/mol. The van der Waals surface area contributed by atoms with Gasteiger partial charge in [-0.1, -0.05) is 5.92 Å². The smallest absolute Gasteiger partial charge is 0.298 e. The molecule has 0 aromatic carbocycles. The van der Waals surface area contributed by atoms with E-state index in [9.17, 15) is 14.4 Å². The molecule has 0 radical (unpaired) electrons. The van der Waals surface area contributed by atoms with Crippen LogP contribution in [0.2, 0.25) is 0 Å². The summed E-state index contributed by atoms with van der Waals surface area (Å²) in [5.74, 6) is 4.43. The number of carbonyl (C=O) groups is 3. The van der Waals surface area contributed by atoms with Gasteiger partial charge in [-0.15, -0.1) is 0 Å². The number of methoxy groups -OCH3 is 1. The van der Waals surface area contributed by atoms with Gasteiger partial charge in [-0.25, -0.2) is 0 Å². The molecule has 1 atom stereocenters. The van der Waals surface area contributed by atoms with E-state index in [2.05, 4.69) is 17.2 Å². The van der Waals surface area contributed by atoms with Crippen molar-refractivity contribution in [1.29, 1.82) is 0 Å². The van der Waals surface area contributed by atoms with Gasteiger partial charge in [0.25, 0.3) is 5.91 Å². The number of nitrogens with one attached hydrogen (secondary N) is 1. The number of nitrogens with zero attached hydrogens (tertiary/aromatic N) is 2. The quantitative estimate of drug-likeness (QED) is 0.639. The Morgan fingerprint density at radius 2 is 2.10 bits per heavy atom. The molecule has 0 aliphatic carbocycles. The summed E-state index contributed by atoms with van der Waals surface area (Å²) in [4.78, 5) is 38.5. The van der Waals surface area contributed by atoms with Gasteiger partial charge in [0.15, 0.2) is 0 Å². The molecule has 21 heavy (non-hydrogen) atoms. The van der Waals surface area contributed by atoms with Crippen LogP contribution in [0.1, 0.15) is 6.42 Å². The predicted molar refractivity (Wildman–Crippen MR) is 73.9 cm³/mol. The van der Waals surface area contributed by atoms with Crippen molar-refractivity contribution in [2.24, 2.45) is 5.92 Å². The maximum Gasteiger partial charge on any atom is 0.298 e. The monoisotopic (exact) mass is 293 g/mol. The summed E-state index contributed by atoms with van der Waals surface area (Å²) < 4.78 is 4.75. The van der Waals surface area contributed by atoms with Crippen molar-refractivity contribution in [3.8, 4) is 11.8 Å². The minimum Gasteiger partial charge on any atom is -0.372 e. The standard InChI is InChI=1S/C14H19N3O4/c1-15-14(20)10-6-13(19)17(7-10)11-8-16(9-11)12(18)4-3-5-21-2/h10-11H,5-9H2,1-2H3,(H,15,20). The van der Waals surface area contributed by atoms with Crippen LogP contribution in [0.3, 0.4) is 0 Å². The van der Waals surface area contributed by atoms with Crippen molar-refractivity contribution in [3.63, 3.8) is 0 Å². The minimum atomic E-state index is -0.284. The first kappa shape index (κ1) is 15.3.